The predicted molar refractivity (Wildman–Crippen MR) is 59.4 cm³/mol. The Morgan fingerprint density at radius 2 is 0.485 bits per heavy atom. The highest BCUT2D eigenvalue weighted by Crippen LogP contribution is 2.66. The number of alkyl halides is 21. The van der Waals surface area contributed by atoms with E-state index in [9.17, 15) is 92.2 Å². The van der Waals surface area contributed by atoms with Crippen molar-refractivity contribution in [2.75, 3.05) is 0 Å². The van der Waals surface area contributed by atoms with Crippen molar-refractivity contribution < 1.29 is 92.2 Å². The number of hydrogen-bond donors (Lipinski definition) is 0. The number of rotatable bonds is 9. The van der Waals surface area contributed by atoms with Crippen LogP contribution < -0.4 is 0 Å². The van der Waals surface area contributed by atoms with Gasteiger partial charge in [0, 0.05) is 0 Å². The summed E-state index contributed by atoms with van der Waals surface area (Å²) >= 11 is 0. The fourth-order valence-electron chi connectivity index (χ4n) is 1.68. The lowest BCUT2D eigenvalue weighted by Crippen LogP contribution is -2.76. The maximum atomic E-state index is 13.3. The van der Waals surface area contributed by atoms with E-state index in [-0.39, 0.29) is 0 Å². The minimum Gasteiger partial charge on any atom is -0.192 e. The SMILES string of the molecule is [CH+]=CC(F)(F)C(F)(F)C(F)(F)C(F)(F)C(F)(F)C(F)(F)C(F)(F)C(F)(F)C(F)(F)C(F)(F)F. The summed E-state index contributed by atoms with van der Waals surface area (Å²) in [6, 6.07) is 0. The van der Waals surface area contributed by atoms with Gasteiger partial charge >= 0.3 is 59.5 Å². The van der Waals surface area contributed by atoms with Crippen LogP contribution in [0.15, 0.2) is 6.08 Å². The van der Waals surface area contributed by atoms with Crippen LogP contribution in [0.4, 0.5) is 92.2 Å². The summed E-state index contributed by atoms with van der Waals surface area (Å²) < 4.78 is 270. The van der Waals surface area contributed by atoms with Crippen molar-refractivity contribution in [2.45, 2.75) is 59.5 Å². The van der Waals surface area contributed by atoms with Gasteiger partial charge in [-0.1, -0.05) is 0 Å². The molecule has 0 aliphatic rings. The van der Waals surface area contributed by atoms with E-state index >= 15 is 0 Å². The summed E-state index contributed by atoms with van der Waals surface area (Å²) in [5.41, 5.74) is 0. The topological polar surface area (TPSA) is 0 Å². The van der Waals surface area contributed by atoms with Crippen molar-refractivity contribution in [1.82, 2.24) is 0 Å². The summed E-state index contributed by atoms with van der Waals surface area (Å²) in [5.74, 6) is -77.1. The van der Waals surface area contributed by atoms with Crippen LogP contribution in [-0.4, -0.2) is 59.5 Å². The van der Waals surface area contributed by atoms with E-state index in [0.717, 1.165) is 0 Å². The zero-order valence-corrected chi connectivity index (χ0v) is 14.1. The Labute approximate surface area is 166 Å². The van der Waals surface area contributed by atoms with Crippen LogP contribution in [-0.2, 0) is 0 Å². The molecule has 0 aliphatic heterocycles. The molecule has 0 aromatic rings. The molecule has 0 unspecified atom stereocenters. The van der Waals surface area contributed by atoms with Gasteiger partial charge in [-0.15, -0.1) is 0 Å². The molecule has 0 aromatic carbocycles. The molecule has 0 saturated carbocycles. The molecule has 0 aromatic heterocycles. The second kappa shape index (κ2) is 7.34. The van der Waals surface area contributed by atoms with Gasteiger partial charge in [-0.2, -0.15) is 92.2 Å². The fraction of sp³-hybridized carbons (Fsp3) is 0.833. The smallest absolute Gasteiger partial charge is 0.192 e. The van der Waals surface area contributed by atoms with E-state index in [1.165, 1.54) is 0 Å². The standard InChI is InChI=1S/C12H2F21/c1-2-3(13,14)4(15,16)5(17,18)6(19,20)7(21,22)8(23,24)9(25,26)10(27,28)11(29,30)12(31,32)33/h1-2H/q+1. The monoisotopic (exact) mass is 545 g/mol. The third-order valence-corrected chi connectivity index (χ3v) is 3.74. The zero-order chi connectivity index (χ0) is 27.7. The molecule has 0 radical (unpaired) electrons. The fourth-order valence-corrected chi connectivity index (χ4v) is 1.68. The molecule has 0 bridgehead atoms. The van der Waals surface area contributed by atoms with E-state index in [0.29, 0.717) is 0 Å². The van der Waals surface area contributed by atoms with Crippen molar-refractivity contribution >= 4 is 0 Å². The Morgan fingerprint density at radius 3 is 0.667 bits per heavy atom. The summed E-state index contributed by atoms with van der Waals surface area (Å²) in [7, 11) is 0. The van der Waals surface area contributed by atoms with E-state index in [1.54, 1.807) is 0 Å². The first-order valence-corrected chi connectivity index (χ1v) is 6.84. The van der Waals surface area contributed by atoms with Gasteiger partial charge < -0.3 is 0 Å². The second-order valence-corrected chi connectivity index (χ2v) is 5.88. The Morgan fingerprint density at radius 1 is 0.303 bits per heavy atom. The van der Waals surface area contributed by atoms with E-state index < -0.39 is 65.6 Å². The maximum absolute atomic E-state index is 13.3. The van der Waals surface area contributed by atoms with Gasteiger partial charge in [0.25, 0.3) is 0 Å². The Balaban J connectivity index is 7.06. The molecule has 0 amide bonds. The third kappa shape index (κ3) is 3.55. The van der Waals surface area contributed by atoms with Crippen molar-refractivity contribution in [3.8, 4) is 0 Å². The average molecular weight is 545 g/mol. The summed E-state index contributed by atoms with van der Waals surface area (Å²) in [4.78, 5) is 0. The molecule has 0 saturated heterocycles. The van der Waals surface area contributed by atoms with Crippen molar-refractivity contribution in [3.63, 3.8) is 0 Å². The quantitative estimate of drug-likeness (QED) is 0.212. The molecule has 0 spiro atoms. The molecule has 0 rings (SSSR count). The number of halogens is 21. The van der Waals surface area contributed by atoms with Crippen LogP contribution in [0.25, 0.3) is 0 Å². The minimum absolute atomic E-state index is 1.90. The van der Waals surface area contributed by atoms with Gasteiger partial charge in [-0.3, -0.25) is 0 Å². The van der Waals surface area contributed by atoms with Crippen molar-refractivity contribution in [3.05, 3.63) is 12.7 Å². The maximum Gasteiger partial charge on any atom is 0.460 e. The summed E-state index contributed by atoms with van der Waals surface area (Å²) in [5, 5.41) is 0. The molecule has 0 N–H and O–H groups in total. The lowest BCUT2D eigenvalue weighted by Gasteiger charge is -2.44. The predicted octanol–water partition coefficient (Wildman–Crippen LogP) is 7.26. The van der Waals surface area contributed by atoms with Crippen molar-refractivity contribution in [2.24, 2.45) is 0 Å². The normalized spacial score (nSPS) is 16.7. The highest BCUT2D eigenvalue weighted by Gasteiger charge is 2.97. The van der Waals surface area contributed by atoms with Crippen LogP contribution >= 0.6 is 0 Å². The van der Waals surface area contributed by atoms with Gasteiger partial charge in [-0.05, 0) is 0 Å². The Hall–Kier alpha value is -1.82. The van der Waals surface area contributed by atoms with Crippen LogP contribution in [0.5, 0.6) is 0 Å². The molecule has 196 valence electrons. The van der Waals surface area contributed by atoms with E-state index in [2.05, 4.69) is 6.58 Å². The molecular weight excluding hydrogens is 543 g/mol. The minimum atomic E-state index is -9.16. The first-order valence-electron chi connectivity index (χ1n) is 6.84. The first kappa shape index (κ1) is 31.2. The van der Waals surface area contributed by atoms with Gasteiger partial charge in [-0.25, -0.2) is 0 Å². The van der Waals surface area contributed by atoms with E-state index in [4.69, 9.17) is 0 Å². The van der Waals surface area contributed by atoms with Gasteiger partial charge in [0.1, 0.15) is 0 Å². The van der Waals surface area contributed by atoms with Gasteiger partial charge in [0.15, 0.2) is 0 Å². The van der Waals surface area contributed by atoms with Crippen LogP contribution in [0.2, 0.25) is 0 Å². The van der Waals surface area contributed by atoms with Crippen LogP contribution in [0, 0.1) is 6.58 Å². The summed E-state index contributed by atoms with van der Waals surface area (Å²) in [6.07, 6.45) is -9.90. The van der Waals surface area contributed by atoms with Gasteiger partial charge in [0.2, 0.25) is 12.7 Å². The van der Waals surface area contributed by atoms with Crippen LogP contribution in [0.1, 0.15) is 0 Å². The molecule has 0 heterocycles. The highest BCUT2D eigenvalue weighted by atomic mass is 19.4. The number of hydrogen-bond acceptors (Lipinski definition) is 0. The average Bonchev–Trinajstić information content (AvgIpc) is 2.59. The Kier molecular flexibility index (Phi) is 6.93. The molecule has 0 aliphatic carbocycles. The number of allylic oxidation sites excluding steroid dienone is 1. The largest absolute Gasteiger partial charge is 0.460 e. The van der Waals surface area contributed by atoms with Gasteiger partial charge in [0.05, 0.1) is 0 Å². The van der Waals surface area contributed by atoms with E-state index in [1.807, 2.05) is 0 Å². The molecular formula is C12H2F21+. The molecule has 0 atom stereocenters. The second-order valence-electron chi connectivity index (χ2n) is 5.88. The molecule has 0 fully saturated rings. The highest BCUT2D eigenvalue weighted by molar-refractivity contribution is 5.19. The third-order valence-electron chi connectivity index (χ3n) is 3.74. The molecule has 33 heavy (non-hydrogen) atoms. The molecule has 21 heteroatoms. The lowest BCUT2D eigenvalue weighted by atomic mass is 9.86. The Bertz CT molecular complexity index is 737. The zero-order valence-electron chi connectivity index (χ0n) is 14.1. The first-order chi connectivity index (χ1) is 13.8. The molecule has 0 nitrogen and oxygen atoms in total. The summed E-state index contributed by atoms with van der Waals surface area (Å²) in [6.45, 7) is 3.66. The van der Waals surface area contributed by atoms with Crippen LogP contribution in [0.3, 0.4) is 0 Å². The lowest BCUT2D eigenvalue weighted by molar-refractivity contribution is -0.473. The van der Waals surface area contributed by atoms with Crippen molar-refractivity contribution in [1.29, 1.82) is 0 Å².